The summed E-state index contributed by atoms with van der Waals surface area (Å²) in [5.41, 5.74) is 0.800. The van der Waals surface area contributed by atoms with Gasteiger partial charge in [-0.25, -0.2) is 0 Å². The Kier molecular flexibility index (Phi) is 5.92. The smallest absolute Gasteiger partial charge is 0.226 e. The topological polar surface area (TPSA) is 49.4 Å². The molecule has 0 heterocycles. The number of fused-ring (bicyclic) bond motifs is 1. The Hall–Kier alpha value is -2.36. The minimum atomic E-state index is -0.0463. The van der Waals surface area contributed by atoms with Gasteiger partial charge in [0.15, 0.2) is 0 Å². The van der Waals surface area contributed by atoms with E-state index in [2.05, 4.69) is 25.2 Å². The Labute approximate surface area is 155 Å². The molecule has 0 spiro atoms. The zero-order valence-corrected chi connectivity index (χ0v) is 15.7. The zero-order valence-electron chi connectivity index (χ0n) is 15.7. The van der Waals surface area contributed by atoms with Crippen molar-refractivity contribution in [3.8, 4) is 0 Å². The fourth-order valence-electron chi connectivity index (χ4n) is 3.37. The largest absolute Gasteiger partial charge is 0.339 e. The highest BCUT2D eigenvalue weighted by atomic mass is 16.2. The molecule has 3 rings (SSSR count). The highest BCUT2D eigenvalue weighted by Gasteiger charge is 2.31. The molecule has 2 aromatic rings. The third-order valence-electron chi connectivity index (χ3n) is 5.47. The molecule has 1 N–H and O–H groups in total. The van der Waals surface area contributed by atoms with Crippen LogP contribution in [0, 0.1) is 5.92 Å². The second kappa shape index (κ2) is 8.35. The van der Waals surface area contributed by atoms with Crippen LogP contribution in [0.4, 0.5) is 5.69 Å². The Bertz CT molecular complexity index is 783. The first-order valence-corrected chi connectivity index (χ1v) is 9.67. The number of nitrogens with zero attached hydrogens (tertiary/aromatic N) is 1. The van der Waals surface area contributed by atoms with E-state index in [-0.39, 0.29) is 23.8 Å². The van der Waals surface area contributed by atoms with Gasteiger partial charge in [0.05, 0.1) is 0 Å². The Morgan fingerprint density at radius 1 is 1.15 bits per heavy atom. The first-order valence-electron chi connectivity index (χ1n) is 9.67. The quantitative estimate of drug-likeness (QED) is 0.792. The van der Waals surface area contributed by atoms with Crippen molar-refractivity contribution >= 4 is 28.3 Å². The number of rotatable bonds is 7. The van der Waals surface area contributed by atoms with Crippen molar-refractivity contribution < 1.29 is 9.59 Å². The van der Waals surface area contributed by atoms with Crippen LogP contribution in [0.15, 0.2) is 42.5 Å². The minimum absolute atomic E-state index is 0.0463. The first kappa shape index (κ1) is 18.4. The summed E-state index contributed by atoms with van der Waals surface area (Å²) < 4.78 is 0. The molecule has 2 amide bonds. The molecule has 0 aromatic heterocycles. The van der Waals surface area contributed by atoms with Crippen molar-refractivity contribution in [2.45, 2.75) is 52.0 Å². The second-order valence-corrected chi connectivity index (χ2v) is 7.28. The number of amides is 2. The van der Waals surface area contributed by atoms with E-state index in [1.807, 2.05) is 41.3 Å². The summed E-state index contributed by atoms with van der Waals surface area (Å²) in [6.07, 6.45) is 4.37. The molecule has 0 saturated heterocycles. The lowest BCUT2D eigenvalue weighted by molar-refractivity contribution is -0.140. The molecule has 4 nitrogen and oxygen atoms in total. The van der Waals surface area contributed by atoms with E-state index in [1.165, 1.54) is 0 Å². The molecule has 1 saturated carbocycles. The Balaban J connectivity index is 1.59. The van der Waals surface area contributed by atoms with Crippen LogP contribution in [-0.2, 0) is 9.59 Å². The van der Waals surface area contributed by atoms with Gasteiger partial charge in [-0.1, -0.05) is 43.7 Å². The van der Waals surface area contributed by atoms with Crippen molar-refractivity contribution in [2.75, 3.05) is 11.9 Å². The van der Waals surface area contributed by atoms with Crippen molar-refractivity contribution in [2.24, 2.45) is 5.92 Å². The van der Waals surface area contributed by atoms with Gasteiger partial charge in [-0.05, 0) is 49.1 Å². The minimum Gasteiger partial charge on any atom is -0.339 e. The third-order valence-corrected chi connectivity index (χ3v) is 5.47. The normalized spacial score (nSPS) is 15.3. The first-order chi connectivity index (χ1) is 12.6. The van der Waals surface area contributed by atoms with Crippen molar-refractivity contribution in [3.63, 3.8) is 0 Å². The molecule has 1 aliphatic rings. The molecule has 0 aliphatic heterocycles. The number of carbonyl (C=O) groups is 2. The highest BCUT2D eigenvalue weighted by Crippen LogP contribution is 2.29. The van der Waals surface area contributed by atoms with Crippen LogP contribution in [0.5, 0.6) is 0 Å². The maximum Gasteiger partial charge on any atom is 0.226 e. The summed E-state index contributed by atoms with van der Waals surface area (Å²) in [6.45, 7) is 4.64. The maximum absolute atomic E-state index is 12.6. The van der Waals surface area contributed by atoms with Gasteiger partial charge in [-0.3, -0.25) is 9.59 Å². The number of hydrogen-bond acceptors (Lipinski definition) is 2. The maximum atomic E-state index is 12.6. The average molecular weight is 352 g/mol. The van der Waals surface area contributed by atoms with Crippen LogP contribution in [0.3, 0.4) is 0 Å². The molecule has 1 aliphatic carbocycles. The SMILES string of the molecule is CCC(C)N(CCC(=O)Nc1ccc2ccccc2c1)C(=O)C1CCC1. The van der Waals surface area contributed by atoms with Crippen LogP contribution >= 0.6 is 0 Å². The van der Waals surface area contributed by atoms with E-state index < -0.39 is 0 Å². The molecule has 0 bridgehead atoms. The van der Waals surface area contributed by atoms with Crippen molar-refractivity contribution in [3.05, 3.63) is 42.5 Å². The lowest BCUT2D eigenvalue weighted by atomic mass is 9.84. The molecule has 1 unspecified atom stereocenters. The van der Waals surface area contributed by atoms with E-state index in [9.17, 15) is 9.59 Å². The molecule has 1 fully saturated rings. The van der Waals surface area contributed by atoms with E-state index in [0.717, 1.165) is 42.1 Å². The molecular weight excluding hydrogens is 324 g/mol. The number of hydrogen-bond donors (Lipinski definition) is 1. The summed E-state index contributed by atoms with van der Waals surface area (Å²) in [6, 6.07) is 14.2. The monoisotopic (exact) mass is 352 g/mol. The summed E-state index contributed by atoms with van der Waals surface area (Å²) in [5, 5.41) is 5.22. The predicted octanol–water partition coefficient (Wildman–Crippen LogP) is 4.60. The molecular formula is C22H28N2O2. The molecule has 26 heavy (non-hydrogen) atoms. The fourth-order valence-corrected chi connectivity index (χ4v) is 3.37. The van der Waals surface area contributed by atoms with Crippen molar-refractivity contribution in [1.82, 2.24) is 4.90 Å². The van der Waals surface area contributed by atoms with Crippen LogP contribution in [-0.4, -0.2) is 29.3 Å². The number of carbonyl (C=O) groups excluding carboxylic acids is 2. The van der Waals surface area contributed by atoms with E-state index in [1.54, 1.807) is 0 Å². The van der Waals surface area contributed by atoms with Crippen molar-refractivity contribution in [1.29, 1.82) is 0 Å². The van der Waals surface area contributed by atoms with Crippen LogP contribution in [0.2, 0.25) is 0 Å². The lowest BCUT2D eigenvalue weighted by Gasteiger charge is -2.35. The highest BCUT2D eigenvalue weighted by molar-refractivity contribution is 5.94. The van der Waals surface area contributed by atoms with Gasteiger partial charge in [-0.2, -0.15) is 0 Å². The van der Waals surface area contributed by atoms with Gasteiger partial charge in [0, 0.05) is 30.6 Å². The molecule has 1 atom stereocenters. The number of benzene rings is 2. The predicted molar refractivity (Wildman–Crippen MR) is 106 cm³/mol. The zero-order chi connectivity index (χ0) is 18.5. The molecule has 138 valence electrons. The average Bonchev–Trinajstić information content (AvgIpc) is 2.60. The van der Waals surface area contributed by atoms with E-state index in [0.29, 0.717) is 13.0 Å². The van der Waals surface area contributed by atoms with Gasteiger partial charge in [-0.15, -0.1) is 0 Å². The summed E-state index contributed by atoms with van der Waals surface area (Å²) in [5.74, 6) is 0.353. The van der Waals surface area contributed by atoms with Crippen LogP contribution < -0.4 is 5.32 Å². The number of anilines is 1. The molecule has 0 radical (unpaired) electrons. The van der Waals surface area contributed by atoms with Crippen LogP contribution in [0.25, 0.3) is 10.8 Å². The van der Waals surface area contributed by atoms with Gasteiger partial charge < -0.3 is 10.2 Å². The molecule has 4 heteroatoms. The third kappa shape index (κ3) is 4.24. The molecule has 2 aromatic carbocycles. The Morgan fingerprint density at radius 3 is 2.54 bits per heavy atom. The van der Waals surface area contributed by atoms with Gasteiger partial charge in [0.1, 0.15) is 0 Å². The number of nitrogens with one attached hydrogen (secondary N) is 1. The lowest BCUT2D eigenvalue weighted by Crippen LogP contribution is -2.45. The van der Waals surface area contributed by atoms with Crippen LogP contribution in [0.1, 0.15) is 46.0 Å². The second-order valence-electron chi connectivity index (χ2n) is 7.28. The van der Waals surface area contributed by atoms with E-state index >= 15 is 0 Å². The van der Waals surface area contributed by atoms with Gasteiger partial charge >= 0.3 is 0 Å². The van der Waals surface area contributed by atoms with Gasteiger partial charge in [0.25, 0.3) is 0 Å². The fraction of sp³-hybridized carbons (Fsp3) is 0.455. The summed E-state index contributed by atoms with van der Waals surface area (Å²) in [4.78, 5) is 26.9. The summed E-state index contributed by atoms with van der Waals surface area (Å²) in [7, 11) is 0. The van der Waals surface area contributed by atoms with E-state index in [4.69, 9.17) is 0 Å². The Morgan fingerprint density at radius 2 is 1.88 bits per heavy atom. The summed E-state index contributed by atoms with van der Waals surface area (Å²) >= 11 is 0. The van der Waals surface area contributed by atoms with Gasteiger partial charge in [0.2, 0.25) is 11.8 Å². The standard InChI is InChI=1S/C22H28N2O2/c1-3-16(2)24(22(26)18-9-6-10-18)14-13-21(25)23-20-12-11-17-7-4-5-8-19(17)15-20/h4-5,7-8,11-12,15-16,18H,3,6,9-10,13-14H2,1-2H3,(H,23,25).